The number of carbonyl (C=O) groups excluding carboxylic acids is 1. The van der Waals surface area contributed by atoms with Crippen molar-refractivity contribution in [2.24, 2.45) is 5.92 Å². The lowest BCUT2D eigenvalue weighted by Crippen LogP contribution is -2.29. The molecule has 1 fully saturated rings. The van der Waals surface area contributed by atoms with Crippen molar-refractivity contribution in [3.63, 3.8) is 0 Å². The van der Waals surface area contributed by atoms with E-state index in [4.69, 9.17) is 0 Å². The SMILES string of the molecule is Cc1cc(CNC(=O)C[C@@H]2CNC[C@H]2O)ccc1-c1ccccc1. The van der Waals surface area contributed by atoms with E-state index in [1.54, 1.807) is 0 Å². The van der Waals surface area contributed by atoms with Gasteiger partial charge in [0.05, 0.1) is 6.10 Å². The zero-order chi connectivity index (χ0) is 16.9. The minimum absolute atomic E-state index is 0.00691. The molecule has 0 radical (unpaired) electrons. The van der Waals surface area contributed by atoms with Crippen LogP contribution in [0.3, 0.4) is 0 Å². The summed E-state index contributed by atoms with van der Waals surface area (Å²) in [4.78, 5) is 12.0. The van der Waals surface area contributed by atoms with Crippen molar-refractivity contribution in [1.29, 1.82) is 0 Å². The Bertz CT molecular complexity index is 700. The van der Waals surface area contributed by atoms with Gasteiger partial charge in [0.25, 0.3) is 0 Å². The number of hydrogen-bond donors (Lipinski definition) is 3. The zero-order valence-corrected chi connectivity index (χ0v) is 14.0. The van der Waals surface area contributed by atoms with Gasteiger partial charge in [-0.05, 0) is 29.2 Å². The van der Waals surface area contributed by atoms with Crippen molar-refractivity contribution < 1.29 is 9.90 Å². The maximum atomic E-state index is 12.0. The summed E-state index contributed by atoms with van der Waals surface area (Å²) in [7, 11) is 0. The average Bonchev–Trinajstić information content (AvgIpc) is 2.99. The van der Waals surface area contributed by atoms with Gasteiger partial charge in [-0.3, -0.25) is 4.79 Å². The standard InChI is InChI=1S/C20H24N2O2/c1-14-9-15(7-8-18(14)16-5-3-2-4-6-16)11-22-20(24)10-17-12-21-13-19(17)23/h2-9,17,19,21,23H,10-13H2,1H3,(H,22,24)/t17-,19-/m1/s1. The van der Waals surface area contributed by atoms with Gasteiger partial charge in [-0.15, -0.1) is 0 Å². The first-order valence-corrected chi connectivity index (χ1v) is 8.44. The van der Waals surface area contributed by atoms with E-state index in [0.717, 1.165) is 5.56 Å². The van der Waals surface area contributed by atoms with Crippen LogP contribution in [0.1, 0.15) is 17.5 Å². The van der Waals surface area contributed by atoms with Crippen LogP contribution in [0, 0.1) is 12.8 Å². The van der Waals surface area contributed by atoms with Gasteiger partial charge < -0.3 is 15.7 Å². The Hall–Kier alpha value is -2.17. The summed E-state index contributed by atoms with van der Waals surface area (Å²) in [5.74, 6) is 0.0136. The van der Waals surface area contributed by atoms with Gasteiger partial charge in [-0.25, -0.2) is 0 Å². The second kappa shape index (κ2) is 7.60. The van der Waals surface area contributed by atoms with Crippen molar-refractivity contribution in [2.75, 3.05) is 13.1 Å². The molecule has 1 heterocycles. The van der Waals surface area contributed by atoms with Gasteiger partial charge in [-0.2, -0.15) is 0 Å². The first kappa shape index (κ1) is 16.7. The third-order valence-corrected chi connectivity index (χ3v) is 4.62. The van der Waals surface area contributed by atoms with Crippen molar-refractivity contribution in [3.8, 4) is 11.1 Å². The molecule has 0 saturated carbocycles. The van der Waals surface area contributed by atoms with Crippen LogP contribution >= 0.6 is 0 Å². The molecule has 2 atom stereocenters. The normalized spacial score (nSPS) is 20.1. The fourth-order valence-corrected chi connectivity index (χ4v) is 3.22. The van der Waals surface area contributed by atoms with E-state index in [1.165, 1.54) is 16.7 Å². The van der Waals surface area contributed by atoms with Gasteiger partial charge in [0.2, 0.25) is 5.91 Å². The van der Waals surface area contributed by atoms with Crippen LogP contribution in [0.15, 0.2) is 48.5 Å². The van der Waals surface area contributed by atoms with Crippen LogP contribution in [-0.4, -0.2) is 30.2 Å². The van der Waals surface area contributed by atoms with Crippen LogP contribution in [0.4, 0.5) is 0 Å². The second-order valence-electron chi connectivity index (χ2n) is 6.48. The molecule has 0 unspecified atom stereocenters. The van der Waals surface area contributed by atoms with Crippen LogP contribution < -0.4 is 10.6 Å². The Kier molecular flexibility index (Phi) is 5.28. The minimum Gasteiger partial charge on any atom is -0.391 e. The molecule has 0 aromatic heterocycles. The molecule has 0 aliphatic carbocycles. The summed E-state index contributed by atoms with van der Waals surface area (Å²) in [5.41, 5.74) is 4.70. The minimum atomic E-state index is -0.414. The first-order chi connectivity index (χ1) is 11.6. The molecule has 2 aromatic rings. The van der Waals surface area contributed by atoms with E-state index in [9.17, 15) is 9.90 Å². The predicted octanol–water partition coefficient (Wildman–Crippen LogP) is 2.25. The highest BCUT2D eigenvalue weighted by molar-refractivity contribution is 5.76. The lowest BCUT2D eigenvalue weighted by Gasteiger charge is -2.14. The lowest BCUT2D eigenvalue weighted by atomic mass is 9.98. The first-order valence-electron chi connectivity index (χ1n) is 8.44. The van der Waals surface area contributed by atoms with E-state index >= 15 is 0 Å². The maximum Gasteiger partial charge on any atom is 0.220 e. The molecule has 24 heavy (non-hydrogen) atoms. The monoisotopic (exact) mass is 324 g/mol. The predicted molar refractivity (Wildman–Crippen MR) is 95.4 cm³/mol. The summed E-state index contributed by atoms with van der Waals surface area (Å²) < 4.78 is 0. The molecule has 126 valence electrons. The molecule has 2 aromatic carbocycles. The molecule has 4 nitrogen and oxygen atoms in total. The van der Waals surface area contributed by atoms with Gasteiger partial charge in [0.15, 0.2) is 0 Å². The molecule has 1 amide bonds. The third-order valence-electron chi connectivity index (χ3n) is 4.62. The van der Waals surface area contributed by atoms with Gasteiger partial charge in [0.1, 0.15) is 0 Å². The summed E-state index contributed by atoms with van der Waals surface area (Å²) in [6.07, 6.45) is -0.0435. The van der Waals surface area contributed by atoms with E-state index in [1.807, 2.05) is 18.2 Å². The summed E-state index contributed by atoms with van der Waals surface area (Å²) >= 11 is 0. The topological polar surface area (TPSA) is 61.4 Å². The zero-order valence-electron chi connectivity index (χ0n) is 14.0. The van der Waals surface area contributed by atoms with Crippen molar-refractivity contribution in [1.82, 2.24) is 10.6 Å². The largest absolute Gasteiger partial charge is 0.391 e. The van der Waals surface area contributed by atoms with Gasteiger partial charge >= 0.3 is 0 Å². The number of hydrogen-bond acceptors (Lipinski definition) is 3. The Balaban J connectivity index is 1.58. The maximum absolute atomic E-state index is 12.0. The number of aryl methyl sites for hydroxylation is 1. The third kappa shape index (κ3) is 4.02. The van der Waals surface area contributed by atoms with Crippen LogP contribution in [0.2, 0.25) is 0 Å². The average molecular weight is 324 g/mol. The van der Waals surface area contributed by atoms with E-state index < -0.39 is 6.10 Å². The van der Waals surface area contributed by atoms with Crippen molar-refractivity contribution >= 4 is 5.91 Å². The number of rotatable bonds is 5. The number of aliphatic hydroxyl groups excluding tert-OH is 1. The Morgan fingerprint density at radius 1 is 1.21 bits per heavy atom. The number of β-amino-alcohol motifs (C(OH)–C–C–N with tert-alkyl or cyclic N) is 1. The fourth-order valence-electron chi connectivity index (χ4n) is 3.22. The van der Waals surface area contributed by atoms with Crippen LogP contribution in [0.25, 0.3) is 11.1 Å². The molecule has 1 aliphatic heterocycles. The molecule has 3 rings (SSSR count). The van der Waals surface area contributed by atoms with Gasteiger partial charge in [-0.1, -0.05) is 48.5 Å². The highest BCUT2D eigenvalue weighted by Crippen LogP contribution is 2.24. The van der Waals surface area contributed by atoms with Gasteiger partial charge in [0, 0.05) is 32.0 Å². The van der Waals surface area contributed by atoms with E-state index in [0.29, 0.717) is 26.1 Å². The molecule has 0 bridgehead atoms. The van der Waals surface area contributed by atoms with Crippen molar-refractivity contribution in [2.45, 2.75) is 26.0 Å². The summed E-state index contributed by atoms with van der Waals surface area (Å²) in [6, 6.07) is 16.6. The summed E-state index contributed by atoms with van der Waals surface area (Å²) in [5, 5.41) is 15.8. The highest BCUT2D eigenvalue weighted by atomic mass is 16.3. The second-order valence-corrected chi connectivity index (χ2v) is 6.48. The Labute approximate surface area is 142 Å². The molecular formula is C20H24N2O2. The van der Waals surface area contributed by atoms with E-state index in [2.05, 4.69) is 47.9 Å². The molecule has 4 heteroatoms. The lowest BCUT2D eigenvalue weighted by molar-refractivity contribution is -0.122. The van der Waals surface area contributed by atoms with Crippen molar-refractivity contribution in [3.05, 3.63) is 59.7 Å². The fraction of sp³-hybridized carbons (Fsp3) is 0.350. The van der Waals surface area contributed by atoms with E-state index in [-0.39, 0.29) is 11.8 Å². The summed E-state index contributed by atoms with van der Waals surface area (Å²) in [6.45, 7) is 3.90. The number of benzene rings is 2. The number of carbonyl (C=O) groups is 1. The Morgan fingerprint density at radius 3 is 2.67 bits per heavy atom. The smallest absolute Gasteiger partial charge is 0.220 e. The molecular weight excluding hydrogens is 300 g/mol. The molecule has 1 aliphatic rings. The molecule has 0 spiro atoms. The van der Waals surface area contributed by atoms with Crippen LogP contribution in [-0.2, 0) is 11.3 Å². The molecule has 3 N–H and O–H groups in total. The number of aliphatic hydroxyl groups is 1. The van der Waals surface area contributed by atoms with Crippen LogP contribution in [0.5, 0.6) is 0 Å². The quantitative estimate of drug-likeness (QED) is 0.790. The number of nitrogens with one attached hydrogen (secondary N) is 2. The molecule has 1 saturated heterocycles. The number of amides is 1. The Morgan fingerprint density at radius 2 is 2.00 bits per heavy atom. The highest BCUT2D eigenvalue weighted by Gasteiger charge is 2.26.